The maximum atomic E-state index is 10.4. The van der Waals surface area contributed by atoms with Crippen molar-refractivity contribution in [2.45, 2.75) is 11.7 Å². The van der Waals surface area contributed by atoms with Crippen LogP contribution in [0.3, 0.4) is 0 Å². The molecule has 0 amide bonds. The van der Waals surface area contributed by atoms with Gasteiger partial charge in [0.15, 0.2) is 0 Å². The normalized spacial score (nSPS) is 29.8. The van der Waals surface area contributed by atoms with E-state index in [9.17, 15) is 8.42 Å². The molecule has 0 aliphatic carbocycles. The molecule has 3 nitrogen and oxygen atoms in total. The van der Waals surface area contributed by atoms with Crippen LogP contribution >= 0.6 is 0 Å². The summed E-state index contributed by atoms with van der Waals surface area (Å²) in [6.07, 6.45) is 0.815. The molecule has 1 fully saturated rings. The maximum absolute atomic E-state index is 10.4. The van der Waals surface area contributed by atoms with E-state index in [0.717, 1.165) is 19.5 Å². The standard InChI is InChI=1S/C5H11NO2S/c1-6-3-2-5(4-6)9(7)8/h5,9H,2-4H2,1H3. The summed E-state index contributed by atoms with van der Waals surface area (Å²) in [5.41, 5.74) is 0. The van der Waals surface area contributed by atoms with Gasteiger partial charge in [0.2, 0.25) is 0 Å². The van der Waals surface area contributed by atoms with Gasteiger partial charge in [-0.15, -0.1) is 0 Å². The van der Waals surface area contributed by atoms with E-state index in [2.05, 4.69) is 0 Å². The third-order valence-electron chi connectivity index (χ3n) is 1.66. The number of nitrogens with zero attached hydrogens (tertiary/aromatic N) is 1. The fourth-order valence-electron chi connectivity index (χ4n) is 1.08. The van der Waals surface area contributed by atoms with Crippen molar-refractivity contribution in [3.8, 4) is 0 Å². The van der Waals surface area contributed by atoms with Crippen LogP contribution < -0.4 is 0 Å². The van der Waals surface area contributed by atoms with Gasteiger partial charge < -0.3 is 4.90 Å². The molecule has 0 aromatic rings. The molecule has 0 N–H and O–H groups in total. The number of likely N-dealkylation sites (tertiary alicyclic amines) is 1. The van der Waals surface area contributed by atoms with Crippen LogP contribution in [0.5, 0.6) is 0 Å². The van der Waals surface area contributed by atoms with Gasteiger partial charge in [-0.2, -0.15) is 0 Å². The van der Waals surface area contributed by atoms with Crippen molar-refractivity contribution in [2.24, 2.45) is 0 Å². The zero-order valence-electron chi connectivity index (χ0n) is 5.41. The first-order valence-electron chi connectivity index (χ1n) is 3.02. The molecule has 0 saturated carbocycles. The van der Waals surface area contributed by atoms with E-state index in [-0.39, 0.29) is 5.25 Å². The lowest BCUT2D eigenvalue weighted by molar-refractivity contribution is 0.418. The van der Waals surface area contributed by atoms with Gasteiger partial charge in [-0.05, 0) is 20.0 Å². The molecule has 1 saturated heterocycles. The van der Waals surface area contributed by atoms with Crippen LogP contribution in [0.1, 0.15) is 6.42 Å². The van der Waals surface area contributed by atoms with Crippen molar-refractivity contribution in [1.82, 2.24) is 4.90 Å². The fraction of sp³-hybridized carbons (Fsp3) is 1.00. The molecule has 54 valence electrons. The first-order chi connectivity index (χ1) is 4.20. The average Bonchev–Trinajstić information content (AvgIpc) is 2.14. The Kier molecular flexibility index (Phi) is 2.08. The minimum Gasteiger partial charge on any atom is -0.305 e. The van der Waals surface area contributed by atoms with Gasteiger partial charge in [0.25, 0.3) is 0 Å². The highest BCUT2D eigenvalue weighted by Crippen LogP contribution is 2.08. The van der Waals surface area contributed by atoms with Gasteiger partial charge in [0.05, 0.1) is 5.25 Å². The Hall–Kier alpha value is -0.0900. The van der Waals surface area contributed by atoms with E-state index in [0.29, 0.717) is 0 Å². The number of thiol groups is 1. The number of hydrogen-bond acceptors (Lipinski definition) is 3. The van der Waals surface area contributed by atoms with Crippen molar-refractivity contribution in [2.75, 3.05) is 20.1 Å². The monoisotopic (exact) mass is 149 g/mol. The van der Waals surface area contributed by atoms with Gasteiger partial charge in [-0.1, -0.05) is 0 Å². The second-order valence-corrected chi connectivity index (χ2v) is 3.79. The molecule has 0 bridgehead atoms. The summed E-state index contributed by atoms with van der Waals surface area (Å²) in [4.78, 5) is 2.04. The minimum atomic E-state index is -2.17. The predicted octanol–water partition coefficient (Wildman–Crippen LogP) is -0.698. The quantitative estimate of drug-likeness (QED) is 0.501. The molecule has 0 aromatic carbocycles. The third-order valence-corrected chi connectivity index (χ3v) is 2.68. The van der Waals surface area contributed by atoms with Gasteiger partial charge in [0, 0.05) is 6.54 Å². The zero-order valence-corrected chi connectivity index (χ0v) is 6.30. The lowest BCUT2D eigenvalue weighted by Gasteiger charge is -2.03. The third kappa shape index (κ3) is 1.66. The molecular formula is C5H11NO2S. The van der Waals surface area contributed by atoms with E-state index in [1.54, 1.807) is 0 Å². The molecule has 9 heavy (non-hydrogen) atoms. The molecule has 0 spiro atoms. The van der Waals surface area contributed by atoms with Crippen LogP contribution in [0, 0.1) is 0 Å². The summed E-state index contributed by atoms with van der Waals surface area (Å²) in [6, 6.07) is 0. The van der Waals surface area contributed by atoms with E-state index in [1.807, 2.05) is 11.9 Å². The lowest BCUT2D eigenvalue weighted by Crippen LogP contribution is -2.17. The summed E-state index contributed by atoms with van der Waals surface area (Å²) >= 11 is 0. The Bertz CT molecular complexity index is 158. The first kappa shape index (κ1) is 7.02. The van der Waals surface area contributed by atoms with Crippen LogP contribution in [0.25, 0.3) is 0 Å². The smallest absolute Gasteiger partial charge is 0.144 e. The van der Waals surface area contributed by atoms with Crippen molar-refractivity contribution >= 4 is 10.7 Å². The van der Waals surface area contributed by atoms with Crippen LogP contribution in [0.2, 0.25) is 0 Å². The molecule has 0 radical (unpaired) electrons. The van der Waals surface area contributed by atoms with Crippen LogP contribution in [0.15, 0.2) is 0 Å². The highest BCUT2D eigenvalue weighted by atomic mass is 32.2. The molecule has 0 aromatic heterocycles. The van der Waals surface area contributed by atoms with Crippen LogP contribution in [0.4, 0.5) is 0 Å². The predicted molar refractivity (Wildman–Crippen MR) is 36.2 cm³/mol. The van der Waals surface area contributed by atoms with Gasteiger partial charge in [-0.25, -0.2) is 8.42 Å². The molecule has 1 aliphatic heterocycles. The number of rotatable bonds is 1. The van der Waals surface area contributed by atoms with E-state index >= 15 is 0 Å². The molecule has 1 heterocycles. The van der Waals surface area contributed by atoms with Crippen molar-refractivity contribution < 1.29 is 8.42 Å². The Labute approximate surface area is 56.6 Å². The lowest BCUT2D eigenvalue weighted by atomic mass is 10.4. The largest absolute Gasteiger partial charge is 0.305 e. The Balaban J connectivity index is 2.48. The highest BCUT2D eigenvalue weighted by Gasteiger charge is 2.20. The molecule has 1 aliphatic rings. The van der Waals surface area contributed by atoms with Crippen molar-refractivity contribution in [3.05, 3.63) is 0 Å². The molecule has 1 atom stereocenters. The fourth-order valence-corrected chi connectivity index (χ4v) is 1.82. The number of hydrogen-bond donors (Lipinski definition) is 1. The van der Waals surface area contributed by atoms with Crippen LogP contribution in [-0.4, -0.2) is 38.7 Å². The molecule has 1 unspecified atom stereocenters. The second kappa shape index (κ2) is 2.66. The summed E-state index contributed by atoms with van der Waals surface area (Å²) in [5.74, 6) is 0. The van der Waals surface area contributed by atoms with E-state index < -0.39 is 10.7 Å². The van der Waals surface area contributed by atoms with Crippen LogP contribution in [-0.2, 0) is 10.7 Å². The Morgan fingerprint density at radius 2 is 2.22 bits per heavy atom. The van der Waals surface area contributed by atoms with Crippen molar-refractivity contribution in [3.63, 3.8) is 0 Å². The average molecular weight is 149 g/mol. The first-order valence-corrected chi connectivity index (χ1v) is 4.27. The molecule has 1 rings (SSSR count). The molecular weight excluding hydrogens is 138 g/mol. The SMILES string of the molecule is CN1CCC([SH](=O)=O)C1. The molecule has 4 heteroatoms. The summed E-state index contributed by atoms with van der Waals surface area (Å²) in [6.45, 7) is 1.65. The van der Waals surface area contributed by atoms with Gasteiger partial charge >= 0.3 is 0 Å². The summed E-state index contributed by atoms with van der Waals surface area (Å²) < 4.78 is 20.7. The minimum absolute atomic E-state index is 0.0787. The van der Waals surface area contributed by atoms with Gasteiger partial charge in [0.1, 0.15) is 10.7 Å². The topological polar surface area (TPSA) is 37.4 Å². The van der Waals surface area contributed by atoms with E-state index in [4.69, 9.17) is 0 Å². The van der Waals surface area contributed by atoms with E-state index in [1.165, 1.54) is 0 Å². The Morgan fingerprint density at radius 1 is 1.56 bits per heavy atom. The Morgan fingerprint density at radius 3 is 2.44 bits per heavy atom. The highest BCUT2D eigenvalue weighted by molar-refractivity contribution is 7.73. The maximum Gasteiger partial charge on any atom is 0.144 e. The summed E-state index contributed by atoms with van der Waals surface area (Å²) in [5, 5.41) is -0.0787. The van der Waals surface area contributed by atoms with Gasteiger partial charge in [-0.3, -0.25) is 0 Å². The summed E-state index contributed by atoms with van der Waals surface area (Å²) in [7, 11) is -0.227. The van der Waals surface area contributed by atoms with Crippen molar-refractivity contribution in [1.29, 1.82) is 0 Å². The zero-order chi connectivity index (χ0) is 6.85. The second-order valence-electron chi connectivity index (χ2n) is 2.49.